The van der Waals surface area contributed by atoms with Crippen molar-refractivity contribution in [2.24, 2.45) is 0 Å². The SMILES string of the molecule is CS(=O)(=O)N1CCN(C(=O)Nc2ccccc2F)CC1. The fourth-order valence-electron chi connectivity index (χ4n) is 1.98. The molecule has 1 aliphatic heterocycles. The van der Waals surface area contributed by atoms with E-state index < -0.39 is 21.9 Å². The van der Waals surface area contributed by atoms with Gasteiger partial charge in [0.25, 0.3) is 0 Å². The summed E-state index contributed by atoms with van der Waals surface area (Å²) in [6.07, 6.45) is 1.14. The van der Waals surface area contributed by atoms with Crippen molar-refractivity contribution in [3.63, 3.8) is 0 Å². The van der Waals surface area contributed by atoms with Crippen LogP contribution in [0.4, 0.5) is 14.9 Å². The summed E-state index contributed by atoms with van der Waals surface area (Å²) in [5, 5.41) is 2.48. The van der Waals surface area contributed by atoms with Crippen molar-refractivity contribution < 1.29 is 17.6 Å². The quantitative estimate of drug-likeness (QED) is 0.883. The maximum atomic E-state index is 13.4. The lowest BCUT2D eigenvalue weighted by Crippen LogP contribution is -2.51. The van der Waals surface area contributed by atoms with Crippen LogP contribution in [-0.2, 0) is 10.0 Å². The van der Waals surface area contributed by atoms with Crippen molar-refractivity contribution in [1.82, 2.24) is 9.21 Å². The van der Waals surface area contributed by atoms with E-state index in [0.29, 0.717) is 0 Å². The van der Waals surface area contributed by atoms with Crippen LogP contribution < -0.4 is 5.32 Å². The summed E-state index contributed by atoms with van der Waals surface area (Å²) in [5.74, 6) is -0.504. The average Bonchev–Trinajstić information content (AvgIpc) is 2.40. The first kappa shape index (κ1) is 14.7. The highest BCUT2D eigenvalue weighted by Gasteiger charge is 2.26. The number of carbonyl (C=O) groups excluding carboxylic acids is 1. The molecule has 6 nitrogen and oxygen atoms in total. The van der Waals surface area contributed by atoms with Gasteiger partial charge < -0.3 is 10.2 Å². The van der Waals surface area contributed by atoms with E-state index in [-0.39, 0.29) is 31.9 Å². The Kier molecular flexibility index (Phi) is 4.24. The number of benzene rings is 1. The first-order valence-electron chi connectivity index (χ1n) is 6.13. The molecule has 1 aliphatic rings. The molecule has 1 saturated heterocycles. The standard InChI is InChI=1S/C12H16FN3O3S/c1-20(18,19)16-8-6-15(7-9-16)12(17)14-11-5-3-2-4-10(11)13/h2-5H,6-9H2,1H3,(H,14,17). The average molecular weight is 301 g/mol. The van der Waals surface area contributed by atoms with Gasteiger partial charge in [0.2, 0.25) is 10.0 Å². The molecule has 0 bridgehead atoms. The fourth-order valence-corrected chi connectivity index (χ4v) is 2.81. The predicted molar refractivity (Wildman–Crippen MR) is 73.4 cm³/mol. The van der Waals surface area contributed by atoms with Gasteiger partial charge in [0, 0.05) is 26.2 Å². The van der Waals surface area contributed by atoms with Gasteiger partial charge in [0.05, 0.1) is 11.9 Å². The van der Waals surface area contributed by atoms with Crippen molar-refractivity contribution in [1.29, 1.82) is 0 Å². The molecule has 0 saturated carbocycles. The van der Waals surface area contributed by atoms with Crippen LogP contribution in [0.2, 0.25) is 0 Å². The normalized spacial score (nSPS) is 17.0. The molecule has 2 amide bonds. The van der Waals surface area contributed by atoms with Crippen LogP contribution in [-0.4, -0.2) is 56.1 Å². The van der Waals surface area contributed by atoms with Crippen LogP contribution in [0.1, 0.15) is 0 Å². The molecule has 8 heteroatoms. The van der Waals surface area contributed by atoms with Gasteiger partial charge in [-0.15, -0.1) is 0 Å². The summed E-state index contributed by atoms with van der Waals surface area (Å²) >= 11 is 0. The van der Waals surface area contributed by atoms with E-state index in [1.165, 1.54) is 27.4 Å². The van der Waals surface area contributed by atoms with Crippen molar-refractivity contribution >= 4 is 21.7 Å². The molecule has 1 fully saturated rings. The van der Waals surface area contributed by atoms with Crippen LogP contribution in [0, 0.1) is 5.82 Å². The molecular weight excluding hydrogens is 285 g/mol. The largest absolute Gasteiger partial charge is 0.322 e. The number of hydrogen-bond donors (Lipinski definition) is 1. The van der Waals surface area contributed by atoms with Crippen molar-refractivity contribution in [3.05, 3.63) is 30.1 Å². The molecule has 1 aromatic rings. The second-order valence-corrected chi connectivity index (χ2v) is 6.54. The minimum atomic E-state index is -3.23. The smallest absolute Gasteiger partial charge is 0.322 e. The van der Waals surface area contributed by atoms with Gasteiger partial charge in [-0.05, 0) is 12.1 Å². The first-order chi connectivity index (χ1) is 9.38. The zero-order chi connectivity index (χ0) is 14.8. The third-order valence-electron chi connectivity index (χ3n) is 3.11. The minimum Gasteiger partial charge on any atom is -0.322 e. The summed E-state index contributed by atoms with van der Waals surface area (Å²) in [7, 11) is -3.23. The molecule has 110 valence electrons. The van der Waals surface area contributed by atoms with Crippen molar-refractivity contribution in [2.45, 2.75) is 0 Å². The number of hydrogen-bond acceptors (Lipinski definition) is 3. The Morgan fingerprint density at radius 1 is 1.20 bits per heavy atom. The Bertz CT molecular complexity index is 598. The van der Waals surface area contributed by atoms with Gasteiger partial charge in [0.15, 0.2) is 0 Å². The highest BCUT2D eigenvalue weighted by Crippen LogP contribution is 2.14. The lowest BCUT2D eigenvalue weighted by Gasteiger charge is -2.33. The summed E-state index contributed by atoms with van der Waals surface area (Å²) in [6.45, 7) is 1.08. The van der Waals surface area contributed by atoms with E-state index in [0.717, 1.165) is 6.26 Å². The number of para-hydroxylation sites is 1. The summed E-state index contributed by atoms with van der Waals surface area (Å²) < 4.78 is 37.4. The lowest BCUT2D eigenvalue weighted by atomic mass is 10.3. The molecular formula is C12H16FN3O3S. The number of amides is 2. The fraction of sp³-hybridized carbons (Fsp3) is 0.417. The molecule has 0 aliphatic carbocycles. The van der Waals surface area contributed by atoms with Crippen LogP contribution >= 0.6 is 0 Å². The van der Waals surface area contributed by atoms with Gasteiger partial charge in [-0.2, -0.15) is 4.31 Å². The summed E-state index contributed by atoms with van der Waals surface area (Å²) in [6, 6.07) is 5.47. The van der Waals surface area contributed by atoms with Gasteiger partial charge >= 0.3 is 6.03 Å². The number of urea groups is 1. The number of nitrogens with one attached hydrogen (secondary N) is 1. The van der Waals surface area contributed by atoms with Crippen molar-refractivity contribution in [3.8, 4) is 0 Å². The molecule has 20 heavy (non-hydrogen) atoms. The minimum absolute atomic E-state index is 0.114. The Morgan fingerprint density at radius 3 is 2.35 bits per heavy atom. The van der Waals surface area contributed by atoms with E-state index in [9.17, 15) is 17.6 Å². The zero-order valence-corrected chi connectivity index (χ0v) is 11.9. The zero-order valence-electron chi connectivity index (χ0n) is 11.0. The van der Waals surface area contributed by atoms with Gasteiger partial charge in [-0.25, -0.2) is 17.6 Å². The monoisotopic (exact) mass is 301 g/mol. The van der Waals surface area contributed by atoms with Crippen LogP contribution in [0.15, 0.2) is 24.3 Å². The third kappa shape index (κ3) is 3.45. The van der Waals surface area contributed by atoms with E-state index in [1.807, 2.05) is 0 Å². The van der Waals surface area contributed by atoms with Crippen LogP contribution in [0.25, 0.3) is 0 Å². The number of sulfonamides is 1. The number of halogens is 1. The second-order valence-electron chi connectivity index (χ2n) is 4.56. The number of piperazine rings is 1. The maximum absolute atomic E-state index is 13.4. The second kappa shape index (κ2) is 5.76. The molecule has 1 heterocycles. The molecule has 1 aromatic carbocycles. The van der Waals surface area contributed by atoms with E-state index in [2.05, 4.69) is 5.32 Å². The van der Waals surface area contributed by atoms with Gasteiger partial charge in [-0.3, -0.25) is 0 Å². The topological polar surface area (TPSA) is 69.7 Å². The van der Waals surface area contributed by atoms with E-state index in [4.69, 9.17) is 0 Å². The van der Waals surface area contributed by atoms with Crippen LogP contribution in [0.3, 0.4) is 0 Å². The molecule has 0 unspecified atom stereocenters. The molecule has 0 aromatic heterocycles. The molecule has 1 N–H and O–H groups in total. The van der Waals surface area contributed by atoms with Crippen LogP contribution in [0.5, 0.6) is 0 Å². The first-order valence-corrected chi connectivity index (χ1v) is 7.98. The number of nitrogens with zero attached hydrogens (tertiary/aromatic N) is 2. The lowest BCUT2D eigenvalue weighted by molar-refractivity contribution is 0.184. The Hall–Kier alpha value is -1.67. The Morgan fingerprint density at radius 2 is 1.80 bits per heavy atom. The van der Waals surface area contributed by atoms with Gasteiger partial charge in [0.1, 0.15) is 5.82 Å². The number of carbonyl (C=O) groups is 1. The number of anilines is 1. The number of rotatable bonds is 2. The maximum Gasteiger partial charge on any atom is 0.322 e. The molecule has 0 radical (unpaired) electrons. The summed E-state index contributed by atoms with van der Waals surface area (Å²) in [4.78, 5) is 13.4. The van der Waals surface area contributed by atoms with Gasteiger partial charge in [-0.1, -0.05) is 12.1 Å². The highest BCUT2D eigenvalue weighted by molar-refractivity contribution is 7.88. The van der Waals surface area contributed by atoms with E-state index >= 15 is 0 Å². The molecule has 0 atom stereocenters. The van der Waals surface area contributed by atoms with E-state index in [1.54, 1.807) is 6.07 Å². The third-order valence-corrected chi connectivity index (χ3v) is 4.41. The predicted octanol–water partition coefficient (Wildman–Crippen LogP) is 0.935. The highest BCUT2D eigenvalue weighted by atomic mass is 32.2. The molecule has 2 rings (SSSR count). The Labute approximate surface area is 117 Å². The van der Waals surface area contributed by atoms with Crippen molar-refractivity contribution in [2.75, 3.05) is 37.8 Å². The summed E-state index contributed by atoms with van der Waals surface area (Å²) in [5.41, 5.74) is 0.114. The molecule has 0 spiro atoms. The Balaban J connectivity index is 1.94.